The number of piperidine rings is 1. The highest BCUT2D eigenvalue weighted by Gasteiger charge is 2.49. The molecule has 1 fully saturated rings. The maximum atomic E-state index is 13.4. The number of benzene rings is 2. The van der Waals surface area contributed by atoms with E-state index in [1.54, 1.807) is 4.90 Å². The molecule has 1 saturated heterocycles. The number of amides is 1. The second-order valence-electron chi connectivity index (χ2n) is 8.41. The lowest BCUT2D eigenvalue weighted by Gasteiger charge is -2.46. The van der Waals surface area contributed by atoms with E-state index in [0.717, 1.165) is 13.0 Å². The van der Waals surface area contributed by atoms with E-state index in [1.165, 1.54) is 12.7 Å². The van der Waals surface area contributed by atoms with E-state index in [-0.39, 0.29) is 25.2 Å². The van der Waals surface area contributed by atoms with Crippen molar-refractivity contribution < 1.29 is 24.2 Å². The van der Waals surface area contributed by atoms with Crippen LogP contribution >= 0.6 is 0 Å². The van der Waals surface area contributed by atoms with Crippen LogP contribution in [0, 0.1) is 0 Å². The largest absolute Gasteiger partial charge is 0.481 e. The third-order valence-electron chi connectivity index (χ3n) is 6.28. The van der Waals surface area contributed by atoms with Crippen molar-refractivity contribution in [1.29, 1.82) is 0 Å². The number of hydrogen-bond acceptors (Lipinski definition) is 5. The summed E-state index contributed by atoms with van der Waals surface area (Å²) < 4.78 is 5.21. The van der Waals surface area contributed by atoms with Crippen molar-refractivity contribution in [1.82, 2.24) is 4.90 Å². The molecular weight excluding hydrogens is 420 g/mol. The summed E-state index contributed by atoms with van der Waals surface area (Å²) in [5.41, 5.74) is 0.780. The third kappa shape index (κ3) is 6.20. The van der Waals surface area contributed by atoms with Gasteiger partial charge in [0, 0.05) is 38.2 Å². The molecule has 0 spiro atoms. The summed E-state index contributed by atoms with van der Waals surface area (Å²) >= 11 is 0. The number of hydrogen-bond donors (Lipinski definition) is 1. The van der Waals surface area contributed by atoms with E-state index < -0.39 is 17.5 Å². The molecule has 0 bridgehead atoms. The van der Waals surface area contributed by atoms with Crippen molar-refractivity contribution in [3.8, 4) is 0 Å². The molecule has 3 rings (SSSR count). The highest BCUT2D eigenvalue weighted by molar-refractivity contribution is 6.02. The van der Waals surface area contributed by atoms with Gasteiger partial charge in [0.15, 0.2) is 0 Å². The predicted molar refractivity (Wildman–Crippen MR) is 126 cm³/mol. The van der Waals surface area contributed by atoms with Crippen molar-refractivity contribution in [2.45, 2.75) is 44.1 Å². The Bertz CT molecular complexity index is 924. The zero-order chi connectivity index (χ0) is 23.7. The summed E-state index contributed by atoms with van der Waals surface area (Å²) in [5.74, 6) is -1.63. The molecule has 0 unspecified atom stereocenters. The number of rotatable bonds is 10. The van der Waals surface area contributed by atoms with Crippen molar-refractivity contribution in [2.24, 2.45) is 0 Å². The van der Waals surface area contributed by atoms with E-state index in [0.29, 0.717) is 31.6 Å². The van der Waals surface area contributed by atoms with Crippen LogP contribution in [0.15, 0.2) is 60.7 Å². The van der Waals surface area contributed by atoms with Gasteiger partial charge in [-0.3, -0.25) is 14.5 Å². The fourth-order valence-electron chi connectivity index (χ4n) is 4.50. The van der Waals surface area contributed by atoms with E-state index in [1.807, 2.05) is 48.5 Å². The van der Waals surface area contributed by atoms with Crippen LogP contribution in [0.3, 0.4) is 0 Å². The Hall–Kier alpha value is -3.19. The molecule has 7 heteroatoms. The van der Waals surface area contributed by atoms with E-state index in [4.69, 9.17) is 9.84 Å². The normalized spacial score (nSPS) is 15.5. The van der Waals surface area contributed by atoms with Gasteiger partial charge in [-0.05, 0) is 43.4 Å². The maximum absolute atomic E-state index is 13.4. The standard InChI is InChI=1S/C26H32N2O5/c1-33-25(32)26(16-19-27(20-17-26)18-15-21-9-4-2-5-10-21)28(22-11-6-3-7-12-22)23(29)13-8-14-24(30)31/h2-7,9-12H,8,13-20H2,1H3,(H,30,31). The second-order valence-corrected chi connectivity index (χ2v) is 8.41. The Morgan fingerprint density at radius 2 is 1.58 bits per heavy atom. The average Bonchev–Trinajstić information content (AvgIpc) is 2.84. The first-order chi connectivity index (χ1) is 16.0. The molecule has 2 aromatic carbocycles. The molecule has 1 aliphatic rings. The van der Waals surface area contributed by atoms with Gasteiger partial charge in [-0.2, -0.15) is 0 Å². The van der Waals surface area contributed by atoms with E-state index in [9.17, 15) is 14.4 Å². The number of carbonyl (C=O) groups is 3. The summed E-state index contributed by atoms with van der Waals surface area (Å²) in [5, 5.41) is 8.97. The molecule has 7 nitrogen and oxygen atoms in total. The molecule has 1 aliphatic heterocycles. The van der Waals surface area contributed by atoms with Gasteiger partial charge in [0.05, 0.1) is 7.11 Å². The summed E-state index contributed by atoms with van der Waals surface area (Å²) in [7, 11) is 1.35. The highest BCUT2D eigenvalue weighted by Crippen LogP contribution is 2.35. The van der Waals surface area contributed by atoms with Gasteiger partial charge in [0.2, 0.25) is 5.91 Å². The number of esters is 1. The molecular formula is C26H32N2O5. The molecule has 2 aromatic rings. The molecule has 0 aromatic heterocycles. The van der Waals surface area contributed by atoms with Crippen molar-refractivity contribution in [3.05, 3.63) is 66.2 Å². The van der Waals surface area contributed by atoms with Crippen LogP contribution in [0.25, 0.3) is 0 Å². The van der Waals surface area contributed by atoms with Gasteiger partial charge in [-0.15, -0.1) is 0 Å². The summed E-state index contributed by atoms with van der Waals surface area (Å²) in [6.45, 7) is 2.19. The smallest absolute Gasteiger partial charge is 0.332 e. The van der Waals surface area contributed by atoms with Crippen molar-refractivity contribution in [3.63, 3.8) is 0 Å². The van der Waals surface area contributed by atoms with Crippen LogP contribution in [-0.2, 0) is 25.5 Å². The van der Waals surface area contributed by atoms with Crippen LogP contribution in [-0.4, -0.2) is 60.1 Å². The SMILES string of the molecule is COC(=O)C1(N(C(=O)CCCC(=O)O)c2ccccc2)CCN(CCc2ccccc2)CC1. The number of nitrogens with zero attached hydrogens (tertiary/aromatic N) is 2. The van der Waals surface area contributed by atoms with Crippen LogP contribution in [0.4, 0.5) is 5.69 Å². The number of likely N-dealkylation sites (tertiary alicyclic amines) is 1. The van der Waals surface area contributed by atoms with Crippen LogP contribution in [0.1, 0.15) is 37.7 Å². The number of carbonyl (C=O) groups excluding carboxylic acids is 2. The number of anilines is 1. The topological polar surface area (TPSA) is 87.1 Å². The van der Waals surface area contributed by atoms with Crippen LogP contribution < -0.4 is 4.90 Å². The first-order valence-corrected chi connectivity index (χ1v) is 11.4. The van der Waals surface area contributed by atoms with Crippen molar-refractivity contribution in [2.75, 3.05) is 31.6 Å². The highest BCUT2D eigenvalue weighted by atomic mass is 16.5. The van der Waals surface area contributed by atoms with Gasteiger partial charge in [0.1, 0.15) is 5.54 Å². The fourth-order valence-corrected chi connectivity index (χ4v) is 4.50. The lowest BCUT2D eigenvalue weighted by molar-refractivity contribution is -0.151. The lowest BCUT2D eigenvalue weighted by Crippen LogP contribution is -2.62. The van der Waals surface area contributed by atoms with E-state index >= 15 is 0 Å². The average molecular weight is 453 g/mol. The monoisotopic (exact) mass is 452 g/mol. The summed E-state index contributed by atoms with van der Waals surface area (Å²) in [6.07, 6.45) is 2.01. The van der Waals surface area contributed by atoms with Gasteiger partial charge >= 0.3 is 11.9 Å². The van der Waals surface area contributed by atoms with E-state index in [2.05, 4.69) is 17.0 Å². The van der Waals surface area contributed by atoms with Crippen molar-refractivity contribution >= 4 is 23.5 Å². The van der Waals surface area contributed by atoms with Gasteiger partial charge < -0.3 is 14.7 Å². The number of ether oxygens (including phenoxy) is 1. The first kappa shape index (κ1) is 24.5. The first-order valence-electron chi connectivity index (χ1n) is 11.4. The minimum absolute atomic E-state index is 0.0532. The molecule has 1 N–H and O–H groups in total. The number of carboxylic acids is 1. The number of para-hydroxylation sites is 1. The molecule has 0 radical (unpaired) electrons. The minimum Gasteiger partial charge on any atom is -0.481 e. The molecule has 1 amide bonds. The van der Waals surface area contributed by atoms with Gasteiger partial charge in [0.25, 0.3) is 0 Å². The Labute approximate surface area is 195 Å². The molecule has 1 heterocycles. The number of carboxylic acid groups (broad SMARTS) is 1. The Kier molecular flexibility index (Phi) is 8.60. The Morgan fingerprint density at radius 1 is 0.970 bits per heavy atom. The summed E-state index contributed by atoms with van der Waals surface area (Å²) in [4.78, 5) is 41.3. The Morgan fingerprint density at radius 3 is 2.15 bits per heavy atom. The minimum atomic E-state index is -1.11. The zero-order valence-corrected chi connectivity index (χ0v) is 19.1. The molecule has 0 atom stereocenters. The van der Waals surface area contributed by atoms with Crippen LogP contribution in [0.2, 0.25) is 0 Å². The lowest BCUT2D eigenvalue weighted by atomic mass is 9.84. The van der Waals surface area contributed by atoms with Crippen LogP contribution in [0.5, 0.6) is 0 Å². The molecule has 176 valence electrons. The van der Waals surface area contributed by atoms with Gasteiger partial charge in [-0.25, -0.2) is 4.79 Å². The molecule has 0 aliphatic carbocycles. The fraction of sp³-hybridized carbons (Fsp3) is 0.423. The number of methoxy groups -OCH3 is 1. The Balaban J connectivity index is 1.79. The molecule has 33 heavy (non-hydrogen) atoms. The molecule has 0 saturated carbocycles. The number of aliphatic carboxylic acids is 1. The van der Waals surface area contributed by atoms with Gasteiger partial charge in [-0.1, -0.05) is 48.5 Å². The second kappa shape index (κ2) is 11.6. The summed E-state index contributed by atoms with van der Waals surface area (Å²) in [6, 6.07) is 19.4. The quantitative estimate of drug-likeness (QED) is 0.555. The maximum Gasteiger partial charge on any atom is 0.332 e. The zero-order valence-electron chi connectivity index (χ0n) is 19.1. The third-order valence-corrected chi connectivity index (χ3v) is 6.28. The predicted octanol–water partition coefficient (Wildman–Crippen LogP) is 3.52.